The van der Waals surface area contributed by atoms with Crippen LogP contribution in [0.4, 0.5) is 24.1 Å². The number of imidazole rings is 1. The summed E-state index contributed by atoms with van der Waals surface area (Å²) in [5, 5.41) is 5.13. The van der Waals surface area contributed by atoms with Crippen LogP contribution in [0.25, 0.3) is 5.69 Å². The number of amides is 3. The number of hydrogen-bond donors (Lipinski definition) is 3. The summed E-state index contributed by atoms with van der Waals surface area (Å²) in [6.07, 6.45) is 3.34. The third-order valence-electron chi connectivity index (χ3n) is 5.84. The first-order valence-corrected chi connectivity index (χ1v) is 13.5. The Morgan fingerprint density at radius 1 is 0.975 bits per heavy atom. The maximum Gasteiger partial charge on any atom is 0.411 e. The van der Waals surface area contributed by atoms with Gasteiger partial charge in [0.15, 0.2) is 4.90 Å². The molecular formula is C27H25F2N5O5S. The summed E-state index contributed by atoms with van der Waals surface area (Å²) < 4.78 is 61.5. The van der Waals surface area contributed by atoms with E-state index in [9.17, 15) is 26.8 Å². The molecule has 0 fully saturated rings. The molecule has 0 saturated heterocycles. The average molecular weight is 570 g/mol. The molecule has 0 spiro atoms. The highest BCUT2D eigenvalue weighted by Gasteiger charge is 2.28. The molecule has 0 bridgehead atoms. The van der Waals surface area contributed by atoms with Crippen molar-refractivity contribution in [2.24, 2.45) is 0 Å². The molecule has 1 atom stereocenters. The fourth-order valence-electron chi connectivity index (χ4n) is 3.99. The topological polar surface area (TPSA) is 131 Å². The van der Waals surface area contributed by atoms with Crippen LogP contribution in [-0.4, -0.2) is 37.2 Å². The molecule has 0 aliphatic rings. The van der Waals surface area contributed by atoms with Crippen molar-refractivity contribution in [3.8, 4) is 5.69 Å². The van der Waals surface area contributed by atoms with Gasteiger partial charge in [-0.1, -0.05) is 36.4 Å². The highest BCUT2D eigenvalue weighted by Crippen LogP contribution is 2.23. The molecule has 13 heteroatoms. The van der Waals surface area contributed by atoms with E-state index in [0.29, 0.717) is 30.0 Å². The number of benzene rings is 3. The Morgan fingerprint density at radius 3 is 2.30 bits per heavy atom. The Balaban J connectivity index is 1.59. The molecule has 0 aliphatic carbocycles. The fourth-order valence-corrected chi connectivity index (χ4v) is 5.04. The Hall–Kier alpha value is -4.78. The predicted octanol–water partition coefficient (Wildman–Crippen LogP) is 4.69. The third-order valence-corrected chi connectivity index (χ3v) is 7.22. The molecule has 1 heterocycles. The monoisotopic (exact) mass is 569 g/mol. The van der Waals surface area contributed by atoms with Crippen molar-refractivity contribution in [2.75, 3.05) is 12.4 Å². The van der Waals surface area contributed by atoms with E-state index in [4.69, 9.17) is 0 Å². The van der Waals surface area contributed by atoms with Gasteiger partial charge in [-0.25, -0.2) is 36.5 Å². The number of nitrogens with one attached hydrogen (secondary N) is 3. The van der Waals surface area contributed by atoms with Crippen molar-refractivity contribution in [2.45, 2.75) is 23.8 Å². The van der Waals surface area contributed by atoms with E-state index >= 15 is 0 Å². The van der Waals surface area contributed by atoms with E-state index < -0.39 is 44.7 Å². The molecule has 208 valence electrons. The molecule has 40 heavy (non-hydrogen) atoms. The number of anilines is 1. The number of carbonyl (C=O) groups excluding carboxylic acids is 2. The number of rotatable bonds is 9. The van der Waals surface area contributed by atoms with Gasteiger partial charge in [0.25, 0.3) is 10.0 Å². The lowest BCUT2D eigenvalue weighted by Crippen LogP contribution is -2.42. The Bertz CT molecular complexity index is 1580. The van der Waals surface area contributed by atoms with Crippen LogP contribution in [0.3, 0.4) is 0 Å². The van der Waals surface area contributed by atoms with Gasteiger partial charge in [0.05, 0.1) is 13.2 Å². The molecule has 0 radical (unpaired) electrons. The highest BCUT2D eigenvalue weighted by molar-refractivity contribution is 7.90. The highest BCUT2D eigenvalue weighted by atomic mass is 32.2. The van der Waals surface area contributed by atoms with Crippen LogP contribution >= 0.6 is 0 Å². The predicted molar refractivity (Wildman–Crippen MR) is 142 cm³/mol. The van der Waals surface area contributed by atoms with Crippen molar-refractivity contribution >= 4 is 27.8 Å². The first-order chi connectivity index (χ1) is 19.2. The van der Waals surface area contributed by atoms with E-state index in [0.717, 1.165) is 23.8 Å². The third kappa shape index (κ3) is 6.80. The molecule has 0 unspecified atom stereocenters. The number of aryl methyl sites for hydroxylation is 1. The van der Waals surface area contributed by atoms with Crippen molar-refractivity contribution in [1.82, 2.24) is 19.6 Å². The van der Waals surface area contributed by atoms with Gasteiger partial charge in [-0.15, -0.1) is 0 Å². The SMILES string of the molecule is COC(=O)Nc1ccc(-n2ccnc2[C@H](CCc2ccccc2)NC(=O)NS(=O)(=O)c2c(F)cccc2F)cc1. The minimum Gasteiger partial charge on any atom is -0.453 e. The second-order valence-electron chi connectivity index (χ2n) is 8.53. The second-order valence-corrected chi connectivity index (χ2v) is 10.1. The summed E-state index contributed by atoms with van der Waals surface area (Å²) in [6.45, 7) is 0. The van der Waals surface area contributed by atoms with Gasteiger partial charge < -0.3 is 14.6 Å². The van der Waals surface area contributed by atoms with Crippen LogP contribution in [0, 0.1) is 11.6 Å². The molecule has 0 aliphatic heterocycles. The smallest absolute Gasteiger partial charge is 0.411 e. The summed E-state index contributed by atoms with van der Waals surface area (Å²) >= 11 is 0. The van der Waals surface area contributed by atoms with Crippen LogP contribution in [0.5, 0.6) is 0 Å². The largest absolute Gasteiger partial charge is 0.453 e. The Labute approximate surface area is 229 Å². The number of carbonyl (C=O) groups is 2. The minimum atomic E-state index is -4.87. The van der Waals surface area contributed by atoms with Crippen LogP contribution in [-0.2, 0) is 21.2 Å². The zero-order chi connectivity index (χ0) is 28.7. The zero-order valence-electron chi connectivity index (χ0n) is 21.2. The first kappa shape index (κ1) is 28.2. The minimum absolute atomic E-state index is 0.310. The maximum absolute atomic E-state index is 14.1. The molecule has 10 nitrogen and oxygen atoms in total. The van der Waals surface area contributed by atoms with Gasteiger partial charge in [0.1, 0.15) is 17.5 Å². The number of hydrogen-bond acceptors (Lipinski definition) is 6. The lowest BCUT2D eigenvalue weighted by molar-refractivity contribution is 0.187. The summed E-state index contributed by atoms with van der Waals surface area (Å²) in [5.41, 5.74) is 2.09. The molecule has 0 saturated carbocycles. The van der Waals surface area contributed by atoms with Crippen LogP contribution in [0.1, 0.15) is 23.9 Å². The lowest BCUT2D eigenvalue weighted by Gasteiger charge is -2.21. The van der Waals surface area contributed by atoms with Gasteiger partial charge in [-0.3, -0.25) is 5.32 Å². The van der Waals surface area contributed by atoms with Gasteiger partial charge in [0, 0.05) is 23.8 Å². The fraction of sp³-hybridized carbons (Fsp3) is 0.148. The van der Waals surface area contributed by atoms with E-state index in [-0.39, 0.29) is 0 Å². The number of aromatic nitrogens is 2. The molecule has 4 aromatic rings. The van der Waals surface area contributed by atoms with E-state index in [1.165, 1.54) is 13.3 Å². The quantitative estimate of drug-likeness (QED) is 0.268. The molecule has 3 N–H and O–H groups in total. The average Bonchev–Trinajstić information content (AvgIpc) is 3.41. The molecule has 1 aromatic heterocycles. The van der Waals surface area contributed by atoms with Crippen LogP contribution in [0.2, 0.25) is 0 Å². The second kappa shape index (κ2) is 12.4. The molecule has 4 rings (SSSR count). The van der Waals surface area contributed by atoms with Crippen molar-refractivity contribution in [1.29, 1.82) is 0 Å². The molecule has 3 amide bonds. The summed E-state index contributed by atoms with van der Waals surface area (Å²) in [5.74, 6) is -2.29. The number of sulfonamides is 1. The normalized spacial score (nSPS) is 11.9. The number of nitrogens with zero attached hydrogens (tertiary/aromatic N) is 2. The summed E-state index contributed by atoms with van der Waals surface area (Å²) in [6, 6.07) is 16.7. The number of ether oxygens (including phenoxy) is 1. The summed E-state index contributed by atoms with van der Waals surface area (Å²) in [4.78, 5) is 27.5. The Morgan fingerprint density at radius 2 is 1.65 bits per heavy atom. The zero-order valence-corrected chi connectivity index (χ0v) is 22.0. The van der Waals surface area contributed by atoms with E-state index in [1.807, 2.05) is 30.3 Å². The van der Waals surface area contributed by atoms with Crippen LogP contribution < -0.4 is 15.4 Å². The van der Waals surface area contributed by atoms with Gasteiger partial charge in [-0.2, -0.15) is 0 Å². The van der Waals surface area contributed by atoms with Crippen molar-refractivity contribution in [3.63, 3.8) is 0 Å². The maximum atomic E-state index is 14.1. The van der Waals surface area contributed by atoms with Crippen molar-refractivity contribution < 1.29 is 31.5 Å². The number of urea groups is 1. The van der Waals surface area contributed by atoms with E-state index in [1.54, 1.807) is 39.8 Å². The summed E-state index contributed by atoms with van der Waals surface area (Å²) in [7, 11) is -3.62. The first-order valence-electron chi connectivity index (χ1n) is 12.0. The van der Waals surface area contributed by atoms with Crippen molar-refractivity contribution in [3.05, 3.63) is 108 Å². The molecular weight excluding hydrogens is 544 g/mol. The van der Waals surface area contributed by atoms with Gasteiger partial charge in [0.2, 0.25) is 0 Å². The number of methoxy groups -OCH3 is 1. The Kier molecular flexibility index (Phi) is 8.74. The van der Waals surface area contributed by atoms with Gasteiger partial charge in [-0.05, 0) is 54.8 Å². The van der Waals surface area contributed by atoms with Crippen LogP contribution in [0.15, 0.2) is 90.1 Å². The number of halogens is 2. The van der Waals surface area contributed by atoms with Gasteiger partial charge >= 0.3 is 12.1 Å². The molecule has 3 aromatic carbocycles. The lowest BCUT2D eigenvalue weighted by atomic mass is 10.0. The standard InChI is InChI=1S/C27H25F2N5O5S/c1-39-27(36)31-19-11-13-20(14-12-19)34-17-16-30-25(34)23(15-10-18-6-3-2-4-7-18)32-26(35)33-40(37,38)24-21(28)8-5-9-22(24)29/h2-9,11-14,16-17,23H,10,15H2,1H3,(H,31,36)(H2,32,33,35)/t23-/m0/s1. The van der Waals surface area contributed by atoms with E-state index in [2.05, 4.69) is 20.4 Å².